The molecule has 0 aromatic heterocycles. The number of amides is 1. The highest BCUT2D eigenvalue weighted by atomic mass is 16.7. The maximum atomic E-state index is 12.2. The lowest BCUT2D eigenvalue weighted by atomic mass is 10.1. The molecule has 2 aromatic rings. The van der Waals surface area contributed by atoms with Gasteiger partial charge in [0, 0.05) is 43.3 Å². The van der Waals surface area contributed by atoms with E-state index in [4.69, 9.17) is 18.9 Å². The number of fused-ring (bicyclic) bond motifs is 1. The SMILES string of the molecule is COc1ccc(C=CC(=O)Nc2ccc3c(c2)OC(C)(C)O3)c(OC)c1. The van der Waals surface area contributed by atoms with Crippen LogP contribution >= 0.6 is 0 Å². The summed E-state index contributed by atoms with van der Waals surface area (Å²) in [7, 11) is 3.16. The van der Waals surface area contributed by atoms with Crippen LogP contribution < -0.4 is 24.3 Å². The van der Waals surface area contributed by atoms with Gasteiger partial charge in [-0.1, -0.05) is 0 Å². The number of methoxy groups -OCH3 is 2. The van der Waals surface area contributed by atoms with Crippen LogP contribution in [-0.2, 0) is 4.79 Å². The Morgan fingerprint density at radius 1 is 1.04 bits per heavy atom. The second-order valence-electron chi connectivity index (χ2n) is 6.20. The van der Waals surface area contributed by atoms with Crippen molar-refractivity contribution in [2.75, 3.05) is 19.5 Å². The third kappa shape index (κ3) is 3.91. The lowest BCUT2D eigenvalue weighted by molar-refractivity contribution is -0.111. The molecule has 0 radical (unpaired) electrons. The van der Waals surface area contributed by atoms with E-state index in [9.17, 15) is 4.79 Å². The number of benzene rings is 2. The quantitative estimate of drug-likeness (QED) is 0.825. The molecule has 26 heavy (non-hydrogen) atoms. The van der Waals surface area contributed by atoms with Crippen LogP contribution in [-0.4, -0.2) is 25.9 Å². The van der Waals surface area contributed by atoms with Crippen molar-refractivity contribution >= 4 is 17.7 Å². The third-order valence-corrected chi connectivity index (χ3v) is 3.78. The van der Waals surface area contributed by atoms with E-state index in [1.165, 1.54) is 6.08 Å². The highest BCUT2D eigenvalue weighted by Crippen LogP contribution is 2.40. The molecule has 2 aromatic carbocycles. The molecular formula is C20H21NO5. The van der Waals surface area contributed by atoms with Crippen molar-refractivity contribution in [3.05, 3.63) is 48.0 Å². The zero-order chi connectivity index (χ0) is 18.7. The molecule has 1 amide bonds. The Bertz CT molecular complexity index is 857. The van der Waals surface area contributed by atoms with E-state index in [1.807, 2.05) is 19.9 Å². The molecule has 0 saturated carbocycles. The second kappa shape index (κ2) is 7.00. The first-order valence-corrected chi connectivity index (χ1v) is 8.13. The Hall–Kier alpha value is -3.15. The van der Waals surface area contributed by atoms with Crippen LogP contribution in [0, 0.1) is 0 Å². The largest absolute Gasteiger partial charge is 0.497 e. The van der Waals surface area contributed by atoms with Gasteiger partial charge in [0.1, 0.15) is 11.5 Å². The van der Waals surface area contributed by atoms with E-state index in [2.05, 4.69) is 5.32 Å². The normalized spacial score (nSPS) is 14.3. The molecule has 0 aliphatic carbocycles. The molecule has 6 nitrogen and oxygen atoms in total. The molecule has 0 atom stereocenters. The summed E-state index contributed by atoms with van der Waals surface area (Å²) in [5, 5.41) is 2.80. The fourth-order valence-corrected chi connectivity index (χ4v) is 2.61. The summed E-state index contributed by atoms with van der Waals surface area (Å²) in [6.07, 6.45) is 3.13. The van der Waals surface area contributed by atoms with Crippen LogP contribution in [0.2, 0.25) is 0 Å². The van der Waals surface area contributed by atoms with E-state index in [0.717, 1.165) is 5.56 Å². The Kier molecular flexibility index (Phi) is 4.75. The van der Waals surface area contributed by atoms with E-state index >= 15 is 0 Å². The van der Waals surface area contributed by atoms with Crippen LogP contribution in [0.5, 0.6) is 23.0 Å². The third-order valence-electron chi connectivity index (χ3n) is 3.78. The van der Waals surface area contributed by atoms with Crippen LogP contribution in [0.15, 0.2) is 42.5 Å². The lowest BCUT2D eigenvalue weighted by Crippen LogP contribution is -2.29. The lowest BCUT2D eigenvalue weighted by Gasteiger charge is -2.16. The Balaban J connectivity index is 1.69. The predicted molar refractivity (Wildman–Crippen MR) is 99.0 cm³/mol. The van der Waals surface area contributed by atoms with Crippen molar-refractivity contribution in [1.82, 2.24) is 0 Å². The molecule has 1 aliphatic heterocycles. The maximum Gasteiger partial charge on any atom is 0.248 e. The standard InChI is InChI=1S/C20H21NO5/c1-20(2)25-16-9-7-14(11-18(16)26-20)21-19(22)10-6-13-5-8-15(23-3)12-17(13)24-4/h5-12H,1-4H3,(H,21,22). The van der Waals surface area contributed by atoms with Gasteiger partial charge in [-0.25, -0.2) is 0 Å². The first kappa shape index (κ1) is 17.7. The van der Waals surface area contributed by atoms with Crippen molar-refractivity contribution in [3.63, 3.8) is 0 Å². The monoisotopic (exact) mass is 355 g/mol. The molecule has 0 bridgehead atoms. The van der Waals surface area contributed by atoms with Gasteiger partial charge in [-0.2, -0.15) is 0 Å². The van der Waals surface area contributed by atoms with Crippen molar-refractivity contribution < 1.29 is 23.7 Å². The highest BCUT2D eigenvalue weighted by molar-refractivity contribution is 6.02. The summed E-state index contributed by atoms with van der Waals surface area (Å²) in [5.41, 5.74) is 1.40. The highest BCUT2D eigenvalue weighted by Gasteiger charge is 2.31. The summed E-state index contributed by atoms with van der Waals surface area (Å²) < 4.78 is 21.8. The predicted octanol–water partition coefficient (Wildman–Crippen LogP) is 3.86. The summed E-state index contributed by atoms with van der Waals surface area (Å²) in [5.74, 6) is 1.61. The summed E-state index contributed by atoms with van der Waals surface area (Å²) in [4.78, 5) is 12.2. The van der Waals surface area contributed by atoms with Crippen LogP contribution in [0.3, 0.4) is 0 Å². The molecule has 136 valence electrons. The van der Waals surface area contributed by atoms with E-state index < -0.39 is 5.79 Å². The molecule has 0 saturated heterocycles. The molecule has 3 rings (SSSR count). The number of ether oxygens (including phenoxy) is 4. The van der Waals surface area contributed by atoms with E-state index in [0.29, 0.717) is 28.7 Å². The number of rotatable bonds is 5. The van der Waals surface area contributed by atoms with Gasteiger partial charge >= 0.3 is 0 Å². The Labute approximate surface area is 152 Å². The van der Waals surface area contributed by atoms with Crippen LogP contribution in [0.4, 0.5) is 5.69 Å². The summed E-state index contributed by atoms with van der Waals surface area (Å²) in [6, 6.07) is 10.7. The molecule has 0 spiro atoms. The fraction of sp³-hybridized carbons (Fsp3) is 0.250. The van der Waals surface area contributed by atoms with Crippen molar-refractivity contribution in [1.29, 1.82) is 0 Å². The molecule has 6 heteroatoms. The minimum absolute atomic E-state index is 0.263. The van der Waals surface area contributed by atoms with Crippen LogP contribution in [0.25, 0.3) is 6.08 Å². The Morgan fingerprint density at radius 3 is 2.54 bits per heavy atom. The topological polar surface area (TPSA) is 66.0 Å². The number of carbonyl (C=O) groups is 1. The molecule has 1 heterocycles. The number of hydrogen-bond donors (Lipinski definition) is 1. The number of carbonyl (C=O) groups excluding carboxylic acids is 1. The zero-order valence-electron chi connectivity index (χ0n) is 15.2. The van der Waals surface area contributed by atoms with E-state index in [1.54, 1.807) is 50.6 Å². The molecular weight excluding hydrogens is 334 g/mol. The van der Waals surface area contributed by atoms with Gasteiger partial charge in [0.05, 0.1) is 14.2 Å². The van der Waals surface area contributed by atoms with Gasteiger partial charge in [0.15, 0.2) is 11.5 Å². The van der Waals surface area contributed by atoms with Crippen molar-refractivity contribution in [2.45, 2.75) is 19.6 Å². The first-order chi connectivity index (χ1) is 12.4. The van der Waals surface area contributed by atoms with Crippen molar-refractivity contribution in [2.24, 2.45) is 0 Å². The molecule has 1 N–H and O–H groups in total. The number of nitrogens with one attached hydrogen (secondary N) is 1. The first-order valence-electron chi connectivity index (χ1n) is 8.13. The maximum absolute atomic E-state index is 12.2. The minimum atomic E-state index is -0.699. The molecule has 0 unspecified atom stereocenters. The number of hydrogen-bond acceptors (Lipinski definition) is 5. The molecule has 0 fully saturated rings. The van der Waals surface area contributed by atoms with Gasteiger partial charge in [0.2, 0.25) is 11.7 Å². The average molecular weight is 355 g/mol. The van der Waals surface area contributed by atoms with Crippen LogP contribution in [0.1, 0.15) is 19.4 Å². The summed E-state index contributed by atoms with van der Waals surface area (Å²) >= 11 is 0. The van der Waals surface area contributed by atoms with E-state index in [-0.39, 0.29) is 5.91 Å². The van der Waals surface area contributed by atoms with Gasteiger partial charge < -0.3 is 24.3 Å². The molecule has 1 aliphatic rings. The van der Waals surface area contributed by atoms with Gasteiger partial charge in [-0.15, -0.1) is 0 Å². The number of anilines is 1. The fourth-order valence-electron chi connectivity index (χ4n) is 2.61. The van der Waals surface area contributed by atoms with Crippen molar-refractivity contribution in [3.8, 4) is 23.0 Å². The average Bonchev–Trinajstić information content (AvgIpc) is 2.92. The Morgan fingerprint density at radius 2 is 1.81 bits per heavy atom. The van der Waals surface area contributed by atoms with Gasteiger partial charge in [-0.05, 0) is 30.3 Å². The van der Waals surface area contributed by atoms with Gasteiger partial charge in [-0.3, -0.25) is 4.79 Å². The summed E-state index contributed by atoms with van der Waals surface area (Å²) in [6.45, 7) is 3.66. The zero-order valence-corrected chi connectivity index (χ0v) is 15.2. The van der Waals surface area contributed by atoms with Gasteiger partial charge in [0.25, 0.3) is 0 Å². The minimum Gasteiger partial charge on any atom is -0.497 e. The second-order valence-corrected chi connectivity index (χ2v) is 6.20. The smallest absolute Gasteiger partial charge is 0.248 e.